The van der Waals surface area contributed by atoms with Gasteiger partial charge in [-0.3, -0.25) is 4.79 Å². The Kier molecular flexibility index (Phi) is 8.65. The second kappa shape index (κ2) is 11.9. The average molecular weight is 566 g/mol. The largest absolute Gasteiger partial charge is 0.387 e. The Morgan fingerprint density at radius 3 is 2.90 bits per heavy atom. The van der Waals surface area contributed by atoms with Gasteiger partial charge in [0.05, 0.1) is 12.1 Å². The van der Waals surface area contributed by atoms with E-state index in [2.05, 4.69) is 41.5 Å². The Morgan fingerprint density at radius 2 is 2.10 bits per heavy atom. The maximum atomic E-state index is 13.7. The van der Waals surface area contributed by atoms with Gasteiger partial charge in [-0.25, -0.2) is 0 Å². The van der Waals surface area contributed by atoms with Gasteiger partial charge in [-0.1, -0.05) is 26.0 Å². The first-order chi connectivity index (χ1) is 18.8. The second-order valence-electron chi connectivity index (χ2n) is 13.1. The van der Waals surface area contributed by atoms with Gasteiger partial charge < -0.3 is 40.0 Å². The zero-order valence-electron chi connectivity index (χ0n) is 23.4. The molecule has 11 atom stereocenters. The van der Waals surface area contributed by atoms with E-state index in [0.717, 1.165) is 44.8 Å². The summed E-state index contributed by atoms with van der Waals surface area (Å²) in [4.78, 5) is 16.2. The molecule has 0 aromatic carbocycles. The molecule has 1 amide bonds. The summed E-state index contributed by atoms with van der Waals surface area (Å²) >= 11 is 1.55. The van der Waals surface area contributed by atoms with Gasteiger partial charge in [-0.15, -0.1) is 11.8 Å². The van der Waals surface area contributed by atoms with Crippen LogP contribution < -0.4 is 10.6 Å². The predicted octanol–water partition coefficient (Wildman–Crippen LogP) is 1.48. The minimum Gasteiger partial charge on any atom is -0.387 e. The maximum Gasteiger partial charge on any atom is 0.240 e. The van der Waals surface area contributed by atoms with Gasteiger partial charge in [-0.05, 0) is 75.3 Å². The van der Waals surface area contributed by atoms with Crippen molar-refractivity contribution in [2.24, 2.45) is 23.7 Å². The van der Waals surface area contributed by atoms with Gasteiger partial charge in [0.25, 0.3) is 0 Å². The highest BCUT2D eigenvalue weighted by Crippen LogP contribution is 2.51. The first-order valence-electron chi connectivity index (χ1n) is 15.2. The average Bonchev–Trinajstić information content (AvgIpc) is 3.21. The lowest BCUT2D eigenvalue weighted by Gasteiger charge is -2.39. The topological polar surface area (TPSA) is 116 Å². The molecule has 9 nitrogen and oxygen atoms in total. The van der Waals surface area contributed by atoms with Gasteiger partial charge in [0, 0.05) is 25.4 Å². The number of epoxide rings is 1. The van der Waals surface area contributed by atoms with Crippen LogP contribution in [0, 0.1) is 23.7 Å². The highest BCUT2D eigenvalue weighted by molar-refractivity contribution is 7.99. The number of rotatable bonds is 6. The molecule has 6 unspecified atom stereocenters. The molecule has 0 aromatic heterocycles. The Hall–Kier alpha value is -0.720. The van der Waals surface area contributed by atoms with Gasteiger partial charge in [0.1, 0.15) is 24.4 Å². The molecule has 6 aliphatic rings. The lowest BCUT2D eigenvalue weighted by atomic mass is 9.85. The predicted molar refractivity (Wildman–Crippen MR) is 149 cm³/mol. The van der Waals surface area contributed by atoms with Gasteiger partial charge in [0.15, 0.2) is 5.44 Å². The number of hydrogen-bond donors (Lipinski definition) is 4. The van der Waals surface area contributed by atoms with Crippen LogP contribution in [-0.2, 0) is 19.0 Å². The molecule has 0 spiro atoms. The minimum atomic E-state index is -1.46. The number of amides is 1. The van der Waals surface area contributed by atoms with Crippen molar-refractivity contribution in [1.29, 1.82) is 0 Å². The summed E-state index contributed by atoms with van der Waals surface area (Å²) in [5.74, 6) is 1.18. The van der Waals surface area contributed by atoms with Crippen LogP contribution in [0.2, 0.25) is 0 Å². The van der Waals surface area contributed by atoms with Crippen molar-refractivity contribution in [2.45, 2.75) is 100 Å². The zero-order chi connectivity index (χ0) is 27.1. The Labute approximate surface area is 236 Å². The fourth-order valence-corrected chi connectivity index (χ4v) is 8.85. The number of carbonyl (C=O) groups excluding carboxylic acids is 1. The van der Waals surface area contributed by atoms with Crippen LogP contribution in [-0.4, -0.2) is 107 Å². The quantitative estimate of drug-likeness (QED) is 0.281. The molecule has 10 heteroatoms. The molecule has 4 N–H and O–H groups in total. The first kappa shape index (κ1) is 28.4. The summed E-state index contributed by atoms with van der Waals surface area (Å²) in [7, 11) is 0. The van der Waals surface area contributed by atoms with Crippen LogP contribution in [0.25, 0.3) is 0 Å². The van der Waals surface area contributed by atoms with Gasteiger partial charge >= 0.3 is 0 Å². The van der Waals surface area contributed by atoms with Crippen molar-refractivity contribution >= 4 is 17.7 Å². The molecule has 6 heterocycles. The van der Waals surface area contributed by atoms with Crippen molar-refractivity contribution in [3.63, 3.8) is 0 Å². The van der Waals surface area contributed by atoms with E-state index in [1.54, 1.807) is 11.8 Å². The summed E-state index contributed by atoms with van der Waals surface area (Å²) in [6.45, 7) is 9.26. The van der Waals surface area contributed by atoms with E-state index >= 15 is 0 Å². The Morgan fingerprint density at radius 1 is 1.28 bits per heavy atom. The number of nitrogens with one attached hydrogen (secondary N) is 2. The SMILES string of the molecule is CC(C)C[C@@H]1CCO[C@@H]2[C@H](CN[C@@H]2C(=O)N[C@@H]2C/C=C\C(CN3CCCC3)CSC3OC2C(O)C2OC32O)C1. The molecule has 2 bridgehead atoms. The number of thioether (sulfide) groups is 1. The monoisotopic (exact) mass is 565 g/mol. The van der Waals surface area contributed by atoms with E-state index in [-0.39, 0.29) is 12.0 Å². The highest BCUT2D eigenvalue weighted by Gasteiger charge is 2.70. The summed E-state index contributed by atoms with van der Waals surface area (Å²) in [5.41, 5.74) is -0.597. The molecule has 0 saturated carbocycles. The molecule has 220 valence electrons. The van der Waals surface area contributed by atoms with Crippen LogP contribution in [0.5, 0.6) is 0 Å². The van der Waals surface area contributed by atoms with Crippen molar-refractivity contribution in [3.05, 3.63) is 12.2 Å². The van der Waals surface area contributed by atoms with Crippen molar-refractivity contribution in [3.8, 4) is 0 Å². The number of likely N-dealkylation sites (tertiary alicyclic amines) is 1. The third-order valence-corrected chi connectivity index (χ3v) is 10.9. The normalized spacial score (nSPS) is 47.2. The van der Waals surface area contributed by atoms with E-state index in [9.17, 15) is 15.0 Å². The van der Waals surface area contributed by atoms with Crippen LogP contribution in [0.15, 0.2) is 12.2 Å². The van der Waals surface area contributed by atoms with E-state index in [4.69, 9.17) is 14.2 Å². The number of aliphatic hydroxyl groups is 2. The highest BCUT2D eigenvalue weighted by atomic mass is 32.2. The molecule has 0 aliphatic carbocycles. The number of hydrogen-bond acceptors (Lipinski definition) is 9. The lowest BCUT2D eigenvalue weighted by Crippen LogP contribution is -2.60. The fraction of sp³-hybridized carbons (Fsp3) is 0.897. The smallest absolute Gasteiger partial charge is 0.240 e. The summed E-state index contributed by atoms with van der Waals surface area (Å²) in [5, 5.41) is 28.7. The molecule has 6 aliphatic heterocycles. The number of aliphatic hydroxyl groups excluding tert-OH is 1. The maximum absolute atomic E-state index is 13.7. The third-order valence-electron chi connectivity index (χ3n) is 9.56. The van der Waals surface area contributed by atoms with Crippen LogP contribution in [0.3, 0.4) is 0 Å². The lowest BCUT2D eigenvalue weighted by molar-refractivity contribution is -0.151. The molecule has 6 rings (SSSR count). The van der Waals surface area contributed by atoms with E-state index in [1.807, 2.05) is 0 Å². The first-order valence-corrected chi connectivity index (χ1v) is 16.3. The van der Waals surface area contributed by atoms with Crippen molar-refractivity contribution < 1.29 is 29.2 Å². The van der Waals surface area contributed by atoms with Crippen molar-refractivity contribution in [1.82, 2.24) is 15.5 Å². The van der Waals surface area contributed by atoms with Gasteiger partial charge in [-0.2, -0.15) is 0 Å². The van der Waals surface area contributed by atoms with E-state index in [0.29, 0.717) is 36.7 Å². The summed E-state index contributed by atoms with van der Waals surface area (Å²) in [6, 6.07) is -0.860. The molecule has 0 aromatic rings. The molecule has 5 fully saturated rings. The van der Waals surface area contributed by atoms with Crippen molar-refractivity contribution in [2.75, 3.05) is 38.5 Å². The van der Waals surface area contributed by atoms with Gasteiger partial charge in [0.2, 0.25) is 11.7 Å². The number of fused-ring (bicyclic) bond motifs is 5. The summed E-state index contributed by atoms with van der Waals surface area (Å²) in [6.07, 6.45) is 8.26. The Balaban J connectivity index is 1.15. The molecule has 39 heavy (non-hydrogen) atoms. The molecular formula is C29H47N3O6S. The minimum absolute atomic E-state index is 0.105. The third kappa shape index (κ3) is 6.09. The Bertz CT molecular complexity index is 902. The number of nitrogens with zero attached hydrogens (tertiary/aromatic N) is 1. The van der Waals surface area contributed by atoms with Crippen LogP contribution >= 0.6 is 11.8 Å². The standard InChI is InChI=1S/C29H47N3O6S/c1-17(2)12-18-8-11-36-24-20(13-18)14-30-22(24)27(34)31-21-7-5-6-19(15-32-9-3-4-10-32)16-39-28-29(35)26(38-29)23(33)25(21)37-28/h5-6,17-26,28,30,33,35H,3-4,7-16H2,1-2H3,(H,31,34)/b6-5-/t18-,19?,20-,21+,22-,23?,24+,25?,26?,28?,29?/m0/s1. The zero-order valence-corrected chi connectivity index (χ0v) is 24.2. The molecule has 0 radical (unpaired) electrons. The molecule has 5 saturated heterocycles. The fourth-order valence-electron chi connectivity index (χ4n) is 7.57. The second-order valence-corrected chi connectivity index (χ2v) is 14.2. The molecular weight excluding hydrogens is 518 g/mol. The summed E-state index contributed by atoms with van der Waals surface area (Å²) < 4.78 is 18.2. The number of ether oxygens (including phenoxy) is 3. The number of carbonyl (C=O) groups is 1. The van der Waals surface area contributed by atoms with Crippen LogP contribution in [0.1, 0.15) is 52.4 Å². The van der Waals surface area contributed by atoms with Crippen LogP contribution in [0.4, 0.5) is 0 Å². The van der Waals surface area contributed by atoms with E-state index in [1.165, 1.54) is 19.3 Å². The van der Waals surface area contributed by atoms with E-state index < -0.39 is 41.6 Å².